The van der Waals surface area contributed by atoms with E-state index in [-0.39, 0.29) is 5.91 Å². The van der Waals surface area contributed by atoms with E-state index >= 15 is 0 Å². The van der Waals surface area contributed by atoms with Crippen molar-refractivity contribution in [2.75, 3.05) is 0 Å². The lowest BCUT2D eigenvalue weighted by molar-refractivity contribution is -0.124. The highest BCUT2D eigenvalue weighted by molar-refractivity contribution is 8.18. The Labute approximate surface area is 173 Å². The third kappa shape index (κ3) is 3.96. The molecule has 0 spiro atoms. The predicted octanol–water partition coefficient (Wildman–Crippen LogP) is 5.58. The summed E-state index contributed by atoms with van der Waals surface area (Å²) in [6, 6.07) is 2.91. The fourth-order valence-corrected chi connectivity index (χ4v) is 5.88. The normalized spacial score (nSPS) is 25.4. The molecule has 4 nitrogen and oxygen atoms in total. The Hall–Kier alpha value is -1.49. The summed E-state index contributed by atoms with van der Waals surface area (Å²) in [5, 5.41) is 0.973. The molecule has 1 amide bonds. The van der Waals surface area contributed by atoms with Gasteiger partial charge in [0, 0.05) is 24.5 Å². The second-order valence-electron chi connectivity index (χ2n) is 8.67. The van der Waals surface area contributed by atoms with Crippen LogP contribution in [0.15, 0.2) is 16.0 Å². The summed E-state index contributed by atoms with van der Waals surface area (Å²) in [7, 11) is 2.08. The van der Waals surface area contributed by atoms with Crippen molar-refractivity contribution < 1.29 is 4.79 Å². The molecule has 3 aliphatic rings. The number of carbonyl (C=O) groups excluding carboxylic acids is 1. The Balaban J connectivity index is 1.65. The van der Waals surface area contributed by atoms with Crippen molar-refractivity contribution in [1.29, 1.82) is 0 Å². The fraction of sp³-hybridized carbons (Fsp3) is 0.652. The van der Waals surface area contributed by atoms with Gasteiger partial charge in [-0.25, -0.2) is 0 Å². The number of aryl methyl sites for hydroxylation is 1. The van der Waals surface area contributed by atoms with Crippen molar-refractivity contribution in [3.05, 3.63) is 27.9 Å². The number of aliphatic imine (C=N–C) groups is 1. The van der Waals surface area contributed by atoms with Crippen LogP contribution in [-0.4, -0.2) is 32.6 Å². The molecule has 1 saturated heterocycles. The van der Waals surface area contributed by atoms with E-state index in [0.717, 1.165) is 28.5 Å². The summed E-state index contributed by atoms with van der Waals surface area (Å²) in [6.45, 7) is 4.24. The molecule has 0 N–H and O–H groups in total. The van der Waals surface area contributed by atoms with E-state index < -0.39 is 0 Å². The maximum atomic E-state index is 13.4. The summed E-state index contributed by atoms with van der Waals surface area (Å²) in [5.74, 6) is 0.173. The van der Waals surface area contributed by atoms with Gasteiger partial charge < -0.3 is 4.57 Å². The second-order valence-corrected chi connectivity index (χ2v) is 9.68. The van der Waals surface area contributed by atoms with Crippen molar-refractivity contribution >= 4 is 28.9 Å². The van der Waals surface area contributed by atoms with Crippen LogP contribution in [-0.2, 0) is 11.8 Å². The fourth-order valence-electron chi connectivity index (χ4n) is 4.78. The van der Waals surface area contributed by atoms with E-state index in [2.05, 4.69) is 42.5 Å². The van der Waals surface area contributed by atoms with Crippen molar-refractivity contribution in [2.45, 2.75) is 90.1 Å². The van der Waals surface area contributed by atoms with E-state index in [1.807, 2.05) is 0 Å². The molecular weight excluding hydrogens is 366 g/mol. The van der Waals surface area contributed by atoms with Gasteiger partial charge in [-0.2, -0.15) is 0 Å². The average molecular weight is 400 g/mol. The van der Waals surface area contributed by atoms with Crippen LogP contribution in [0.5, 0.6) is 0 Å². The molecule has 1 aromatic rings. The summed E-state index contributed by atoms with van der Waals surface area (Å²) >= 11 is 1.61. The van der Waals surface area contributed by atoms with Crippen LogP contribution in [0.4, 0.5) is 0 Å². The average Bonchev–Trinajstić information content (AvgIpc) is 3.14. The number of hydrogen-bond donors (Lipinski definition) is 0. The molecule has 2 saturated carbocycles. The molecule has 0 unspecified atom stereocenters. The molecule has 0 aromatic carbocycles. The molecule has 0 bridgehead atoms. The van der Waals surface area contributed by atoms with Crippen LogP contribution in [0, 0.1) is 13.8 Å². The minimum absolute atomic E-state index is 0.173. The first-order valence-corrected chi connectivity index (χ1v) is 11.8. The van der Waals surface area contributed by atoms with E-state index in [9.17, 15) is 4.79 Å². The standard InChI is InChI=1S/C23H33N3OS/c1-16-14-18(17(2)25(16)3)15-21-22(27)26(20-12-8-5-9-13-20)23(28-21)24-19-10-6-4-7-11-19/h14-15,19-20H,4-13H2,1-3H3/b21-15-,24-23?. The number of thioether (sulfide) groups is 1. The molecule has 0 atom stereocenters. The number of hydrogen-bond acceptors (Lipinski definition) is 3. The van der Waals surface area contributed by atoms with Gasteiger partial charge in [-0.15, -0.1) is 0 Å². The first-order valence-electron chi connectivity index (χ1n) is 11.0. The highest BCUT2D eigenvalue weighted by atomic mass is 32.2. The zero-order valence-electron chi connectivity index (χ0n) is 17.5. The van der Waals surface area contributed by atoms with Gasteiger partial charge in [-0.1, -0.05) is 38.5 Å². The Kier molecular flexibility index (Phi) is 6.00. The molecule has 4 rings (SSSR count). The van der Waals surface area contributed by atoms with Gasteiger partial charge in [0.2, 0.25) is 0 Å². The summed E-state index contributed by atoms with van der Waals surface area (Å²) in [5.41, 5.74) is 3.58. The van der Waals surface area contributed by atoms with E-state index in [1.54, 1.807) is 11.8 Å². The number of nitrogens with zero attached hydrogens (tertiary/aromatic N) is 3. The smallest absolute Gasteiger partial charge is 0.267 e. The molecule has 3 fully saturated rings. The van der Waals surface area contributed by atoms with Crippen LogP contribution >= 0.6 is 11.8 Å². The minimum atomic E-state index is 0.173. The molecule has 1 aliphatic heterocycles. The lowest BCUT2D eigenvalue weighted by Crippen LogP contribution is -2.41. The topological polar surface area (TPSA) is 37.6 Å². The van der Waals surface area contributed by atoms with E-state index in [4.69, 9.17) is 4.99 Å². The zero-order valence-corrected chi connectivity index (χ0v) is 18.4. The van der Waals surface area contributed by atoms with Crippen LogP contribution in [0.25, 0.3) is 6.08 Å². The minimum Gasteiger partial charge on any atom is -0.352 e. The van der Waals surface area contributed by atoms with Crippen molar-refractivity contribution in [2.24, 2.45) is 12.0 Å². The number of aromatic nitrogens is 1. The number of amidine groups is 1. The van der Waals surface area contributed by atoms with Gasteiger partial charge in [0.05, 0.1) is 10.9 Å². The van der Waals surface area contributed by atoms with Gasteiger partial charge in [-0.05, 0) is 69.0 Å². The summed E-state index contributed by atoms with van der Waals surface area (Å²) < 4.78 is 2.19. The van der Waals surface area contributed by atoms with Crippen LogP contribution in [0.2, 0.25) is 0 Å². The lowest BCUT2D eigenvalue weighted by atomic mass is 9.94. The highest BCUT2D eigenvalue weighted by Gasteiger charge is 2.39. The molecule has 1 aromatic heterocycles. The maximum Gasteiger partial charge on any atom is 0.267 e. The number of carbonyl (C=O) groups is 1. The molecule has 2 heterocycles. The number of amides is 1. The predicted molar refractivity (Wildman–Crippen MR) is 118 cm³/mol. The molecule has 0 radical (unpaired) electrons. The van der Waals surface area contributed by atoms with Gasteiger partial charge in [-0.3, -0.25) is 14.7 Å². The van der Waals surface area contributed by atoms with Crippen LogP contribution < -0.4 is 0 Å². The quantitative estimate of drug-likeness (QED) is 0.622. The second kappa shape index (κ2) is 8.48. The third-order valence-electron chi connectivity index (χ3n) is 6.75. The molecule has 152 valence electrons. The van der Waals surface area contributed by atoms with Crippen LogP contribution in [0.3, 0.4) is 0 Å². The molecule has 2 aliphatic carbocycles. The Morgan fingerprint density at radius 2 is 1.68 bits per heavy atom. The van der Waals surface area contributed by atoms with Crippen molar-refractivity contribution in [3.63, 3.8) is 0 Å². The summed E-state index contributed by atoms with van der Waals surface area (Å²) in [6.07, 6.45) is 14.3. The Morgan fingerprint density at radius 1 is 1.04 bits per heavy atom. The van der Waals surface area contributed by atoms with Gasteiger partial charge in [0.15, 0.2) is 5.17 Å². The molecule has 5 heteroatoms. The Bertz CT molecular complexity index is 795. The summed E-state index contributed by atoms with van der Waals surface area (Å²) in [4.78, 5) is 21.4. The first kappa shape index (κ1) is 19.8. The molecule has 28 heavy (non-hydrogen) atoms. The Morgan fingerprint density at radius 3 is 2.29 bits per heavy atom. The monoisotopic (exact) mass is 399 g/mol. The van der Waals surface area contributed by atoms with Gasteiger partial charge >= 0.3 is 0 Å². The number of rotatable bonds is 3. The lowest BCUT2D eigenvalue weighted by Gasteiger charge is -2.31. The highest BCUT2D eigenvalue weighted by Crippen LogP contribution is 2.38. The van der Waals surface area contributed by atoms with Crippen molar-refractivity contribution in [3.8, 4) is 0 Å². The van der Waals surface area contributed by atoms with Crippen LogP contribution in [0.1, 0.15) is 81.2 Å². The first-order chi connectivity index (χ1) is 13.5. The van der Waals surface area contributed by atoms with Gasteiger partial charge in [0.25, 0.3) is 5.91 Å². The third-order valence-corrected chi connectivity index (χ3v) is 7.74. The molecular formula is C23H33N3OS. The van der Waals surface area contributed by atoms with Gasteiger partial charge in [0.1, 0.15) is 0 Å². The maximum absolute atomic E-state index is 13.4. The zero-order chi connectivity index (χ0) is 19.7. The SMILES string of the molecule is Cc1cc(/C=C2\SC(=NC3CCCCC3)N(C3CCCCC3)C2=O)c(C)n1C. The van der Waals surface area contributed by atoms with E-state index in [0.29, 0.717) is 12.1 Å². The van der Waals surface area contributed by atoms with Crippen molar-refractivity contribution in [1.82, 2.24) is 9.47 Å². The van der Waals surface area contributed by atoms with E-state index in [1.165, 1.54) is 62.8 Å². The largest absolute Gasteiger partial charge is 0.352 e.